The second kappa shape index (κ2) is 8.88. The molecule has 106 valence electrons. The summed E-state index contributed by atoms with van der Waals surface area (Å²) >= 11 is 0. The highest BCUT2D eigenvalue weighted by atomic mass is 32.2. The fourth-order valence-corrected chi connectivity index (χ4v) is 2.57. The lowest BCUT2D eigenvalue weighted by molar-refractivity contribution is 0.324. The van der Waals surface area contributed by atoms with Crippen LogP contribution in [0, 0.1) is 0 Å². The maximum absolute atomic E-state index is 11.8. The lowest BCUT2D eigenvalue weighted by Crippen LogP contribution is -2.06. The van der Waals surface area contributed by atoms with Crippen molar-refractivity contribution in [2.45, 2.75) is 43.9 Å². The zero-order chi connectivity index (χ0) is 14.0. The molecular formula is C15H22O3S. The van der Waals surface area contributed by atoms with Gasteiger partial charge in [0.25, 0.3) is 10.1 Å². The molecule has 0 saturated carbocycles. The molecule has 0 aliphatic carbocycles. The standard InChI is InChI=1S/C15H22O3S/c1-2-3-4-5-6-7-11-14-18-19(16,17)15-12-9-8-10-13-15/h6-10,12-13H,2-5,11,14H2,1H3/b7-6+. The Bertz CT molecular complexity index is 463. The predicted molar refractivity (Wildman–Crippen MR) is 77.5 cm³/mol. The minimum Gasteiger partial charge on any atom is -0.266 e. The highest BCUT2D eigenvalue weighted by Crippen LogP contribution is 2.11. The van der Waals surface area contributed by atoms with E-state index in [1.165, 1.54) is 31.4 Å². The van der Waals surface area contributed by atoms with Crippen LogP contribution in [0.15, 0.2) is 47.4 Å². The summed E-state index contributed by atoms with van der Waals surface area (Å²) in [5, 5.41) is 0. The lowest BCUT2D eigenvalue weighted by atomic mass is 10.2. The first-order valence-corrected chi connectivity index (χ1v) is 8.17. The van der Waals surface area contributed by atoms with Gasteiger partial charge in [-0.1, -0.05) is 50.1 Å². The number of allylic oxidation sites excluding steroid dienone is 1. The molecule has 4 heteroatoms. The van der Waals surface area contributed by atoms with E-state index >= 15 is 0 Å². The molecule has 0 aromatic heterocycles. The predicted octanol–water partition coefficient (Wildman–Crippen LogP) is 3.92. The summed E-state index contributed by atoms with van der Waals surface area (Å²) in [5.74, 6) is 0. The molecule has 3 nitrogen and oxygen atoms in total. The zero-order valence-corrected chi connectivity index (χ0v) is 12.2. The number of rotatable bonds is 9. The largest absolute Gasteiger partial charge is 0.296 e. The molecule has 0 fully saturated rings. The van der Waals surface area contributed by atoms with Gasteiger partial charge in [0.1, 0.15) is 0 Å². The van der Waals surface area contributed by atoms with Crippen LogP contribution >= 0.6 is 0 Å². The van der Waals surface area contributed by atoms with Crippen molar-refractivity contribution < 1.29 is 12.6 Å². The second-order valence-corrected chi connectivity index (χ2v) is 5.96. The van der Waals surface area contributed by atoms with Crippen molar-refractivity contribution in [2.75, 3.05) is 6.61 Å². The average Bonchev–Trinajstić information content (AvgIpc) is 2.43. The van der Waals surface area contributed by atoms with Crippen molar-refractivity contribution in [1.29, 1.82) is 0 Å². The molecule has 0 heterocycles. The van der Waals surface area contributed by atoms with Crippen LogP contribution < -0.4 is 0 Å². The van der Waals surface area contributed by atoms with Gasteiger partial charge in [0, 0.05) is 0 Å². The van der Waals surface area contributed by atoms with Gasteiger partial charge in [-0.3, -0.25) is 4.18 Å². The fourth-order valence-electron chi connectivity index (χ4n) is 1.63. The van der Waals surface area contributed by atoms with E-state index in [0.29, 0.717) is 6.42 Å². The Balaban J connectivity index is 2.26. The van der Waals surface area contributed by atoms with Gasteiger partial charge in [-0.15, -0.1) is 0 Å². The molecule has 0 aliphatic rings. The smallest absolute Gasteiger partial charge is 0.266 e. The summed E-state index contributed by atoms with van der Waals surface area (Å²) in [4.78, 5) is 0.210. The average molecular weight is 282 g/mol. The van der Waals surface area contributed by atoms with E-state index in [1.807, 2.05) is 6.08 Å². The van der Waals surface area contributed by atoms with Crippen LogP contribution in [0.25, 0.3) is 0 Å². The van der Waals surface area contributed by atoms with E-state index in [1.54, 1.807) is 18.2 Å². The Morgan fingerprint density at radius 1 is 1.05 bits per heavy atom. The third kappa shape index (κ3) is 6.55. The van der Waals surface area contributed by atoms with Crippen molar-refractivity contribution in [3.63, 3.8) is 0 Å². The summed E-state index contributed by atoms with van der Waals surface area (Å²) in [6.07, 6.45) is 9.40. The third-order valence-electron chi connectivity index (χ3n) is 2.70. The summed E-state index contributed by atoms with van der Waals surface area (Å²) in [7, 11) is -3.60. The monoisotopic (exact) mass is 282 g/mol. The molecule has 0 unspecified atom stereocenters. The Morgan fingerprint density at radius 2 is 1.74 bits per heavy atom. The topological polar surface area (TPSA) is 43.4 Å². The summed E-state index contributed by atoms with van der Waals surface area (Å²) in [5.41, 5.74) is 0. The number of benzene rings is 1. The second-order valence-electron chi connectivity index (χ2n) is 4.35. The van der Waals surface area contributed by atoms with Crippen LogP contribution in [0.3, 0.4) is 0 Å². The van der Waals surface area contributed by atoms with Gasteiger partial charge in [-0.2, -0.15) is 8.42 Å². The minimum absolute atomic E-state index is 0.196. The third-order valence-corrected chi connectivity index (χ3v) is 4.02. The fraction of sp³-hybridized carbons (Fsp3) is 0.467. The SMILES string of the molecule is CCCCC/C=C/CCOS(=O)(=O)c1ccccc1. The molecule has 0 saturated heterocycles. The van der Waals surface area contributed by atoms with Gasteiger partial charge in [-0.25, -0.2) is 0 Å². The highest BCUT2D eigenvalue weighted by Gasteiger charge is 2.13. The van der Waals surface area contributed by atoms with E-state index in [-0.39, 0.29) is 11.5 Å². The maximum Gasteiger partial charge on any atom is 0.296 e. The molecular weight excluding hydrogens is 260 g/mol. The molecule has 1 aromatic carbocycles. The summed E-state index contributed by atoms with van der Waals surface area (Å²) in [6, 6.07) is 8.22. The van der Waals surface area contributed by atoms with Crippen molar-refractivity contribution >= 4 is 10.1 Å². The molecule has 0 amide bonds. The van der Waals surface area contributed by atoms with Crippen molar-refractivity contribution in [1.82, 2.24) is 0 Å². The summed E-state index contributed by atoms with van der Waals surface area (Å²) < 4.78 is 28.5. The van der Waals surface area contributed by atoms with Crippen molar-refractivity contribution in [2.24, 2.45) is 0 Å². The highest BCUT2D eigenvalue weighted by molar-refractivity contribution is 7.86. The Morgan fingerprint density at radius 3 is 2.42 bits per heavy atom. The maximum atomic E-state index is 11.8. The van der Waals surface area contributed by atoms with E-state index in [0.717, 1.165) is 6.42 Å². The molecule has 0 N–H and O–H groups in total. The first kappa shape index (κ1) is 15.9. The first-order valence-electron chi connectivity index (χ1n) is 6.76. The van der Waals surface area contributed by atoms with E-state index in [4.69, 9.17) is 4.18 Å². The van der Waals surface area contributed by atoms with E-state index in [2.05, 4.69) is 13.0 Å². The molecule has 0 atom stereocenters. The van der Waals surface area contributed by atoms with E-state index in [9.17, 15) is 8.42 Å². The van der Waals surface area contributed by atoms with Crippen LogP contribution in [0.2, 0.25) is 0 Å². The van der Waals surface area contributed by atoms with Crippen molar-refractivity contribution in [3.8, 4) is 0 Å². The molecule has 19 heavy (non-hydrogen) atoms. The van der Waals surface area contributed by atoms with Gasteiger partial charge < -0.3 is 0 Å². The molecule has 0 spiro atoms. The van der Waals surface area contributed by atoms with E-state index < -0.39 is 10.1 Å². The minimum atomic E-state index is -3.60. The number of hydrogen-bond donors (Lipinski definition) is 0. The van der Waals surface area contributed by atoms with Crippen LogP contribution in [-0.4, -0.2) is 15.0 Å². The van der Waals surface area contributed by atoms with Gasteiger partial charge in [0.15, 0.2) is 0 Å². The molecule has 1 aromatic rings. The lowest BCUT2D eigenvalue weighted by Gasteiger charge is -2.03. The van der Waals surface area contributed by atoms with Gasteiger partial charge in [-0.05, 0) is 31.4 Å². The summed E-state index contributed by atoms with van der Waals surface area (Å²) in [6.45, 7) is 2.37. The van der Waals surface area contributed by atoms with Gasteiger partial charge >= 0.3 is 0 Å². The molecule has 0 radical (unpaired) electrons. The van der Waals surface area contributed by atoms with Crippen LogP contribution in [0.4, 0.5) is 0 Å². The Labute approximate surface area is 116 Å². The van der Waals surface area contributed by atoms with Gasteiger partial charge in [0.2, 0.25) is 0 Å². The van der Waals surface area contributed by atoms with Crippen LogP contribution in [0.1, 0.15) is 39.0 Å². The first-order chi connectivity index (χ1) is 9.17. The van der Waals surface area contributed by atoms with Crippen LogP contribution in [0.5, 0.6) is 0 Å². The molecule has 0 aliphatic heterocycles. The molecule has 1 rings (SSSR count). The quantitative estimate of drug-likeness (QED) is 0.392. The number of unbranched alkanes of at least 4 members (excludes halogenated alkanes) is 3. The normalized spacial score (nSPS) is 12.1. The number of hydrogen-bond acceptors (Lipinski definition) is 3. The van der Waals surface area contributed by atoms with Crippen LogP contribution in [-0.2, 0) is 14.3 Å². The molecule has 0 bridgehead atoms. The van der Waals surface area contributed by atoms with Gasteiger partial charge in [0.05, 0.1) is 11.5 Å². The van der Waals surface area contributed by atoms with Crippen molar-refractivity contribution in [3.05, 3.63) is 42.5 Å². The Hall–Kier alpha value is -1.13. The Kier molecular flexibility index (Phi) is 7.45. The zero-order valence-electron chi connectivity index (χ0n) is 11.4.